The molecule has 2 unspecified atom stereocenters. The molecule has 11 heteroatoms. The first kappa shape index (κ1) is 14.0. The van der Waals surface area contributed by atoms with Crippen LogP contribution in [0.25, 0.3) is 0 Å². The zero-order valence-corrected chi connectivity index (χ0v) is 8.50. The average Bonchev–Trinajstić information content (AvgIpc) is 1.76. The van der Waals surface area contributed by atoms with Gasteiger partial charge in [-0.15, -0.1) is 9.05 Å². The van der Waals surface area contributed by atoms with Crippen LogP contribution in [0.3, 0.4) is 0 Å². The van der Waals surface area contributed by atoms with Crippen molar-refractivity contribution < 1.29 is 35.2 Å². The Bertz CT molecular complexity index is 284. The van der Waals surface area contributed by atoms with E-state index >= 15 is 0 Å². The van der Waals surface area contributed by atoms with Gasteiger partial charge >= 0.3 is 21.6 Å². The van der Waals surface area contributed by atoms with E-state index < -0.39 is 28.2 Å². The first-order chi connectivity index (χ1) is 5.91. The van der Waals surface area contributed by atoms with Crippen LogP contribution in [0.4, 0.5) is 21.6 Å². The number of rotatable bonds is 4. The number of nitrogens with one attached hydrogen (secondary N) is 1. The van der Waals surface area contributed by atoms with Crippen molar-refractivity contribution in [3.8, 4) is 0 Å². The van der Waals surface area contributed by atoms with Crippen LogP contribution in [-0.2, 0) is 13.7 Å². The summed E-state index contributed by atoms with van der Waals surface area (Å²) in [6, 6.07) is 0. The summed E-state index contributed by atoms with van der Waals surface area (Å²) in [4.78, 5) is 0.724. The molecule has 0 fully saturated rings. The third-order valence-corrected chi connectivity index (χ3v) is 3.54. The van der Waals surface area contributed by atoms with Gasteiger partial charge in [0.1, 0.15) is 0 Å². The molecule has 4 nitrogen and oxygen atoms in total. The van der Waals surface area contributed by atoms with Crippen molar-refractivity contribution in [2.75, 3.05) is 13.3 Å². The Kier molecular flexibility index (Phi) is 4.27. The molecule has 0 saturated carbocycles. The Hall–Kier alpha value is 0.0300. The molecule has 0 aromatic heterocycles. The summed E-state index contributed by atoms with van der Waals surface area (Å²) < 4.78 is 82.6. The van der Waals surface area contributed by atoms with E-state index in [-0.39, 0.29) is 0 Å². The first-order valence-electron chi connectivity index (χ1n) is 2.99. The maximum absolute atomic E-state index is 12.4. The molecule has 0 heterocycles. The normalized spacial score (nSPS) is 21.3. The fraction of sp³-hybridized carbons (Fsp3) is 1.00. The lowest BCUT2D eigenvalue weighted by molar-refractivity contribution is -0.154. The minimum absolute atomic E-state index is 0.343. The molecule has 0 spiro atoms. The summed E-state index contributed by atoms with van der Waals surface area (Å²) in [5, 5.41) is 0. The van der Waals surface area contributed by atoms with Gasteiger partial charge in [-0.25, -0.2) is 4.57 Å². The minimum atomic E-state index is -5.52. The molecule has 14 heavy (non-hydrogen) atoms. The SMILES string of the molecule is CP(=O)(F)NP(=O)(F)OCC(F)(F)F. The predicted molar refractivity (Wildman–Crippen MR) is 38.5 cm³/mol. The fourth-order valence-electron chi connectivity index (χ4n) is 0.398. The Morgan fingerprint density at radius 1 is 1.29 bits per heavy atom. The number of hydrogen-bond acceptors (Lipinski definition) is 3. The van der Waals surface area contributed by atoms with Crippen molar-refractivity contribution in [2.24, 2.45) is 0 Å². The lowest BCUT2D eigenvalue weighted by Crippen LogP contribution is -2.17. The van der Waals surface area contributed by atoms with Crippen molar-refractivity contribution in [3.05, 3.63) is 0 Å². The van der Waals surface area contributed by atoms with Gasteiger partial charge in [-0.05, 0) is 0 Å². The summed E-state index contributed by atoms with van der Waals surface area (Å²) in [5.74, 6) is 0. The van der Waals surface area contributed by atoms with Crippen LogP contribution in [0, 0.1) is 0 Å². The topological polar surface area (TPSA) is 55.4 Å². The van der Waals surface area contributed by atoms with Crippen molar-refractivity contribution >= 4 is 15.4 Å². The average molecular weight is 261 g/mol. The van der Waals surface area contributed by atoms with Crippen LogP contribution in [0.15, 0.2) is 0 Å². The molecule has 0 aromatic carbocycles. The fourth-order valence-corrected chi connectivity index (χ4v) is 2.65. The van der Waals surface area contributed by atoms with Gasteiger partial charge < -0.3 is 0 Å². The highest BCUT2D eigenvalue weighted by molar-refractivity contribution is 7.69. The molecular formula is C3H6F5NO3P2. The van der Waals surface area contributed by atoms with Gasteiger partial charge in [-0.3, -0.25) is 9.09 Å². The molecule has 0 aliphatic carbocycles. The number of hydrogen-bond donors (Lipinski definition) is 1. The lowest BCUT2D eigenvalue weighted by Gasteiger charge is -2.13. The van der Waals surface area contributed by atoms with Crippen LogP contribution < -0.4 is 4.86 Å². The third-order valence-electron chi connectivity index (χ3n) is 0.692. The second-order valence-corrected chi connectivity index (χ2v) is 5.95. The van der Waals surface area contributed by atoms with Crippen LogP contribution in [0.5, 0.6) is 0 Å². The molecule has 0 aliphatic rings. The molecule has 0 aromatic rings. The zero-order chi connectivity index (χ0) is 11.6. The molecule has 0 aliphatic heterocycles. The van der Waals surface area contributed by atoms with E-state index in [1.165, 1.54) is 0 Å². The van der Waals surface area contributed by atoms with Gasteiger partial charge in [-0.1, -0.05) is 0 Å². The Labute approximate surface area is 76.0 Å². The van der Waals surface area contributed by atoms with Crippen molar-refractivity contribution in [1.29, 1.82) is 0 Å². The Morgan fingerprint density at radius 3 is 2.00 bits per heavy atom. The number of halogens is 5. The maximum atomic E-state index is 12.4. The molecule has 0 saturated heterocycles. The molecule has 0 rings (SSSR count). The van der Waals surface area contributed by atoms with Gasteiger partial charge in [0.15, 0.2) is 6.61 Å². The van der Waals surface area contributed by atoms with Gasteiger partial charge in [0.25, 0.3) is 0 Å². The highest BCUT2D eigenvalue weighted by atomic mass is 31.3. The molecule has 86 valence electrons. The van der Waals surface area contributed by atoms with Crippen LogP contribution in [-0.4, -0.2) is 19.4 Å². The van der Waals surface area contributed by atoms with Crippen molar-refractivity contribution in [1.82, 2.24) is 4.86 Å². The van der Waals surface area contributed by atoms with Crippen LogP contribution in [0.1, 0.15) is 0 Å². The smallest absolute Gasteiger partial charge is 0.284 e. The van der Waals surface area contributed by atoms with Crippen LogP contribution >= 0.6 is 15.4 Å². The Balaban J connectivity index is 4.24. The van der Waals surface area contributed by atoms with Crippen LogP contribution in [0.2, 0.25) is 0 Å². The molecule has 0 amide bonds. The summed E-state index contributed by atoms with van der Waals surface area (Å²) in [6.07, 6.45) is -4.91. The minimum Gasteiger partial charge on any atom is -0.284 e. The van der Waals surface area contributed by atoms with E-state index in [1.54, 1.807) is 0 Å². The van der Waals surface area contributed by atoms with E-state index in [2.05, 4.69) is 4.52 Å². The largest absolute Gasteiger partial charge is 0.450 e. The van der Waals surface area contributed by atoms with Crippen molar-refractivity contribution in [3.63, 3.8) is 0 Å². The van der Waals surface area contributed by atoms with E-state index in [0.717, 1.165) is 4.86 Å². The molecular weight excluding hydrogens is 255 g/mol. The van der Waals surface area contributed by atoms with E-state index in [0.29, 0.717) is 6.66 Å². The highest BCUT2D eigenvalue weighted by Gasteiger charge is 2.37. The van der Waals surface area contributed by atoms with Gasteiger partial charge in [-0.2, -0.15) is 17.4 Å². The van der Waals surface area contributed by atoms with E-state index in [4.69, 9.17) is 0 Å². The summed E-state index contributed by atoms with van der Waals surface area (Å²) in [5.41, 5.74) is 0. The zero-order valence-electron chi connectivity index (χ0n) is 6.72. The second kappa shape index (κ2) is 4.26. The third kappa shape index (κ3) is 8.62. The van der Waals surface area contributed by atoms with Crippen molar-refractivity contribution in [2.45, 2.75) is 6.18 Å². The second-order valence-electron chi connectivity index (χ2n) is 2.29. The molecule has 2 atom stereocenters. The lowest BCUT2D eigenvalue weighted by atomic mass is 10.7. The monoisotopic (exact) mass is 261 g/mol. The summed E-state index contributed by atoms with van der Waals surface area (Å²) in [7, 11) is -10.3. The van der Waals surface area contributed by atoms with Gasteiger partial charge in [0.2, 0.25) is 0 Å². The quantitative estimate of drug-likeness (QED) is 0.624. The standard InChI is InChI=1S/C3H6F5NO3P2/c1-13(7,10)9-14(8,11)12-2-3(4,5)6/h2H2,1H3,(H,9,10,11). The van der Waals surface area contributed by atoms with Gasteiger partial charge in [0, 0.05) is 6.66 Å². The first-order valence-corrected chi connectivity index (χ1v) is 6.55. The summed E-state index contributed by atoms with van der Waals surface area (Å²) in [6.45, 7) is -1.82. The molecule has 1 N–H and O–H groups in total. The maximum Gasteiger partial charge on any atom is 0.450 e. The summed E-state index contributed by atoms with van der Waals surface area (Å²) >= 11 is 0. The van der Waals surface area contributed by atoms with E-state index in [9.17, 15) is 30.7 Å². The molecule has 0 bridgehead atoms. The predicted octanol–water partition coefficient (Wildman–Crippen LogP) is 3.02. The number of alkyl halides is 3. The Morgan fingerprint density at radius 2 is 1.71 bits per heavy atom. The highest BCUT2D eigenvalue weighted by Crippen LogP contribution is 2.56. The molecule has 0 radical (unpaired) electrons. The van der Waals surface area contributed by atoms with E-state index in [1.807, 2.05) is 0 Å². The van der Waals surface area contributed by atoms with Gasteiger partial charge in [0.05, 0.1) is 0 Å².